The monoisotopic (exact) mass is 882 g/mol. The van der Waals surface area contributed by atoms with Crippen molar-refractivity contribution in [3.05, 3.63) is 72.3 Å². The second-order valence-electron chi connectivity index (χ2n) is 19.6. The summed E-state index contributed by atoms with van der Waals surface area (Å²) in [6.45, 7) is 11.7. The summed E-state index contributed by atoms with van der Waals surface area (Å²) in [4.78, 5) is 74.4. The molecule has 4 N–H and O–H groups in total. The van der Waals surface area contributed by atoms with E-state index in [1.54, 1.807) is 0 Å². The molecule has 2 aromatic heterocycles. The highest BCUT2D eigenvalue weighted by Crippen LogP contribution is 2.58. The highest BCUT2D eigenvalue weighted by atomic mass is 16.5. The van der Waals surface area contributed by atoms with Crippen LogP contribution in [-0.4, -0.2) is 106 Å². The van der Waals surface area contributed by atoms with E-state index < -0.39 is 24.3 Å². The first kappa shape index (κ1) is 42.7. The molecule has 3 saturated heterocycles. The number of imidazole rings is 2. The van der Waals surface area contributed by atoms with E-state index >= 15 is 0 Å². The Balaban J connectivity index is 0.934. The Hall–Kier alpha value is -6.22. The highest BCUT2D eigenvalue weighted by molar-refractivity contribution is 6.07. The van der Waals surface area contributed by atoms with E-state index in [9.17, 15) is 19.2 Å². The quantitative estimate of drug-likeness (QED) is 0.111. The average molecular weight is 883 g/mol. The smallest absolute Gasteiger partial charge is 0.407 e. The van der Waals surface area contributed by atoms with Gasteiger partial charge in [0.25, 0.3) is 0 Å². The maximum absolute atomic E-state index is 14.3. The second kappa shape index (κ2) is 16.3. The fourth-order valence-electron chi connectivity index (χ4n) is 11.2. The fraction of sp³-hybridized carbons (Fsp3) is 0.480. The van der Waals surface area contributed by atoms with Crippen LogP contribution >= 0.6 is 0 Å². The normalized spacial score (nSPS) is 24.9. The van der Waals surface area contributed by atoms with E-state index in [4.69, 9.17) is 24.2 Å². The van der Waals surface area contributed by atoms with Crippen LogP contribution in [0.1, 0.15) is 84.0 Å². The van der Waals surface area contributed by atoms with Crippen molar-refractivity contribution in [3.8, 4) is 11.1 Å². The van der Waals surface area contributed by atoms with Crippen LogP contribution in [-0.2, 0) is 23.8 Å². The minimum Gasteiger partial charge on any atom is -0.453 e. The Kier molecular flexibility index (Phi) is 10.7. The van der Waals surface area contributed by atoms with Crippen molar-refractivity contribution < 1.29 is 33.4 Å². The van der Waals surface area contributed by atoms with Crippen LogP contribution in [0.4, 0.5) is 9.59 Å². The number of carbonyl (C=O) groups is 4. The summed E-state index contributed by atoms with van der Waals surface area (Å²) >= 11 is 0. The number of benzene rings is 4. The molecule has 4 amide bonds. The lowest BCUT2D eigenvalue weighted by Crippen LogP contribution is -2.52. The lowest BCUT2D eigenvalue weighted by molar-refractivity contribution is -0.137. The third-order valence-corrected chi connectivity index (χ3v) is 14.8. The molecule has 0 bridgehead atoms. The number of ether oxygens (including phenoxy) is 3. The molecule has 15 heteroatoms. The standard InChI is InChI=1S/C50H58N8O7/c1-25(2)39(55-48(61)63-6)46(59)57-23-50(17-8-18-65-24-50)22-38(57)45-52-36-16-12-31-20-29(10-14-33(31)42(36)54-45)28-9-13-32-30(19-28)11-15-35-41(32)53-44(51-35)37-21-34-27(5)43(34)58(37)47(60)40(26(3)4)56-49(62)64-7/h9-16,19-20,25-27,34,37-40,43H,8,17-18,21-24H2,1-7H3,(H,51,53)(H,52,54)(H,55,61)(H,56,62)/t27-,34?,37+,38+,39?,40?,43?,50+/m1/s1. The minimum absolute atomic E-state index is 0.104. The van der Waals surface area contributed by atoms with Crippen molar-refractivity contribution in [1.82, 2.24) is 40.4 Å². The van der Waals surface area contributed by atoms with Gasteiger partial charge in [-0.25, -0.2) is 19.6 Å². The van der Waals surface area contributed by atoms with Crippen molar-refractivity contribution in [3.63, 3.8) is 0 Å². The predicted octanol–water partition coefficient (Wildman–Crippen LogP) is 8.15. The number of amides is 4. The third-order valence-electron chi connectivity index (χ3n) is 14.8. The molecule has 10 rings (SSSR count). The van der Waals surface area contributed by atoms with Crippen LogP contribution in [0.3, 0.4) is 0 Å². The molecular formula is C50H58N8O7. The van der Waals surface area contributed by atoms with Gasteiger partial charge in [-0.1, -0.05) is 71.0 Å². The number of methoxy groups -OCH3 is 2. The molecule has 4 aromatic carbocycles. The van der Waals surface area contributed by atoms with Crippen molar-refractivity contribution >= 4 is 67.6 Å². The van der Waals surface area contributed by atoms with Crippen LogP contribution in [0, 0.1) is 29.1 Å². The van der Waals surface area contributed by atoms with Crippen LogP contribution in [0.5, 0.6) is 0 Å². The first-order valence-corrected chi connectivity index (χ1v) is 23.0. The molecule has 1 aliphatic carbocycles. The molecule has 4 fully saturated rings. The molecule has 3 aliphatic heterocycles. The number of rotatable bonds is 9. The van der Waals surface area contributed by atoms with Gasteiger partial charge in [-0.2, -0.15) is 0 Å². The molecule has 340 valence electrons. The van der Waals surface area contributed by atoms with Gasteiger partial charge in [0.1, 0.15) is 23.7 Å². The molecular weight excluding hydrogens is 825 g/mol. The number of carbonyl (C=O) groups excluding carboxylic acids is 4. The summed E-state index contributed by atoms with van der Waals surface area (Å²) in [7, 11) is 2.61. The lowest BCUT2D eigenvalue weighted by atomic mass is 9.80. The van der Waals surface area contributed by atoms with Gasteiger partial charge in [-0.3, -0.25) is 9.59 Å². The minimum atomic E-state index is -0.748. The van der Waals surface area contributed by atoms with E-state index in [0.29, 0.717) is 31.4 Å². The molecule has 8 atom stereocenters. The van der Waals surface area contributed by atoms with E-state index in [2.05, 4.69) is 82.1 Å². The summed E-state index contributed by atoms with van der Waals surface area (Å²) in [5, 5.41) is 9.72. The Morgan fingerprint density at radius 2 is 1.45 bits per heavy atom. The van der Waals surface area contributed by atoms with Gasteiger partial charge in [0.05, 0.1) is 55.0 Å². The van der Waals surface area contributed by atoms with Gasteiger partial charge in [0, 0.05) is 35.4 Å². The highest BCUT2D eigenvalue weighted by Gasteiger charge is 2.61. The van der Waals surface area contributed by atoms with Crippen LogP contribution in [0.2, 0.25) is 0 Å². The molecule has 4 aliphatic rings. The SMILES string of the molecule is COC(=O)NC(C(=O)N1C[C@]2(CCCOC2)C[C@H]1c1nc2ccc3cc(-c4ccc5c(ccc6[nH]c([C@@H]7CC8C([C@@H]8C)N7C(=O)C(NC(=O)OC)C(C)C)nc65)c4)ccc3c2[nH]1)C(C)C. The zero-order chi connectivity index (χ0) is 45.5. The lowest BCUT2D eigenvalue weighted by Gasteiger charge is -2.33. The summed E-state index contributed by atoms with van der Waals surface area (Å²) in [5.41, 5.74) is 5.45. The Morgan fingerprint density at radius 1 is 0.800 bits per heavy atom. The number of H-pyrrole nitrogens is 2. The van der Waals surface area contributed by atoms with Crippen molar-refractivity contribution in [2.24, 2.45) is 29.1 Å². The largest absolute Gasteiger partial charge is 0.453 e. The molecule has 1 saturated carbocycles. The van der Waals surface area contributed by atoms with Gasteiger partial charge >= 0.3 is 12.2 Å². The Bertz CT molecular complexity index is 2860. The first-order valence-electron chi connectivity index (χ1n) is 23.0. The van der Waals surface area contributed by atoms with E-state index in [-0.39, 0.29) is 47.2 Å². The number of aromatic amines is 2. The Labute approximate surface area is 377 Å². The maximum atomic E-state index is 14.3. The van der Waals surface area contributed by atoms with Crippen molar-refractivity contribution in [1.29, 1.82) is 0 Å². The molecule has 0 radical (unpaired) electrons. The third kappa shape index (κ3) is 7.41. The van der Waals surface area contributed by atoms with Crippen LogP contribution in [0.15, 0.2) is 60.7 Å². The zero-order valence-electron chi connectivity index (χ0n) is 38.1. The number of nitrogens with one attached hydrogen (secondary N) is 4. The maximum Gasteiger partial charge on any atom is 0.407 e. The summed E-state index contributed by atoms with van der Waals surface area (Å²) in [6.07, 6.45) is 2.17. The van der Waals surface area contributed by atoms with E-state index in [1.165, 1.54) is 14.2 Å². The van der Waals surface area contributed by atoms with Gasteiger partial charge in [0.2, 0.25) is 11.8 Å². The number of hydrogen-bond donors (Lipinski definition) is 4. The first-order chi connectivity index (χ1) is 31.3. The Morgan fingerprint density at radius 3 is 2.11 bits per heavy atom. The molecule has 65 heavy (non-hydrogen) atoms. The molecule has 15 nitrogen and oxygen atoms in total. The van der Waals surface area contributed by atoms with Gasteiger partial charge in [-0.05, 0) is 95.5 Å². The summed E-state index contributed by atoms with van der Waals surface area (Å²) in [6, 6.07) is 19.4. The van der Waals surface area contributed by atoms with Gasteiger partial charge in [0.15, 0.2) is 0 Å². The van der Waals surface area contributed by atoms with Gasteiger partial charge in [-0.15, -0.1) is 0 Å². The average Bonchev–Trinajstić information content (AvgIpc) is 3.88. The van der Waals surface area contributed by atoms with E-state index in [0.717, 1.165) is 92.3 Å². The number of hydrogen-bond acceptors (Lipinski definition) is 9. The predicted molar refractivity (Wildman–Crippen MR) is 247 cm³/mol. The van der Waals surface area contributed by atoms with Gasteiger partial charge < -0.3 is 44.6 Å². The van der Waals surface area contributed by atoms with E-state index in [1.807, 2.05) is 43.6 Å². The topological polar surface area (TPSA) is 184 Å². The van der Waals surface area contributed by atoms with Crippen LogP contribution < -0.4 is 10.6 Å². The number of fused-ring (bicyclic) bond motifs is 7. The molecule has 4 unspecified atom stereocenters. The zero-order valence-corrected chi connectivity index (χ0v) is 38.1. The number of alkyl carbamates (subject to hydrolysis) is 2. The number of aromatic nitrogens is 4. The summed E-state index contributed by atoms with van der Waals surface area (Å²) in [5.74, 6) is 1.76. The number of piperidine rings is 1. The second-order valence-corrected chi connectivity index (χ2v) is 19.6. The molecule has 1 spiro atoms. The fourth-order valence-corrected chi connectivity index (χ4v) is 11.2. The molecule has 6 aromatic rings. The summed E-state index contributed by atoms with van der Waals surface area (Å²) < 4.78 is 15.7. The van der Waals surface area contributed by atoms with Crippen LogP contribution in [0.25, 0.3) is 54.7 Å². The van der Waals surface area contributed by atoms with Crippen molar-refractivity contribution in [2.45, 2.75) is 90.5 Å². The number of likely N-dealkylation sites (tertiary alicyclic amines) is 2. The number of nitrogens with zero attached hydrogens (tertiary/aromatic N) is 4. The van der Waals surface area contributed by atoms with Crippen molar-refractivity contribution in [2.75, 3.05) is 34.0 Å². The molecule has 5 heterocycles.